The van der Waals surface area contributed by atoms with Crippen molar-refractivity contribution in [3.63, 3.8) is 0 Å². The van der Waals surface area contributed by atoms with Crippen LogP contribution in [0.2, 0.25) is 0 Å². The molecule has 1 aromatic heterocycles. The Morgan fingerprint density at radius 3 is 2.12 bits per heavy atom. The first-order valence-corrected chi connectivity index (χ1v) is 16.3. The summed E-state index contributed by atoms with van der Waals surface area (Å²) < 4.78 is 133. The van der Waals surface area contributed by atoms with Gasteiger partial charge < -0.3 is 10.0 Å². The monoisotopic (exact) mass is 651 g/mol. The number of piperazine rings is 1. The summed E-state index contributed by atoms with van der Waals surface area (Å²) in [6.07, 6.45) is -9.98. The highest BCUT2D eigenvalue weighted by molar-refractivity contribution is 7.91. The molecule has 1 aliphatic heterocycles. The summed E-state index contributed by atoms with van der Waals surface area (Å²) >= 11 is 0.971. The zero-order valence-electron chi connectivity index (χ0n) is 22.4. The molecule has 2 aromatic rings. The normalized spacial score (nSPS) is 19.6. The molecule has 0 saturated carbocycles. The number of rotatable bonds is 10. The number of hydrogen-bond donors (Lipinski definition) is 1. The van der Waals surface area contributed by atoms with E-state index in [1.807, 2.05) is 0 Å². The maximum Gasteiger partial charge on any atom is 0.421 e. The van der Waals surface area contributed by atoms with Gasteiger partial charge in [0.2, 0.25) is 10.0 Å². The molecule has 3 rings (SSSR count). The molecule has 8 nitrogen and oxygen atoms in total. The second kappa shape index (κ2) is 12.0. The second-order valence-corrected chi connectivity index (χ2v) is 15.4. The van der Waals surface area contributed by atoms with Gasteiger partial charge in [-0.2, -0.15) is 35.0 Å². The van der Waals surface area contributed by atoms with Gasteiger partial charge in [0, 0.05) is 38.4 Å². The zero-order valence-corrected chi connectivity index (χ0v) is 24.8. The largest absolute Gasteiger partial charge is 0.421 e. The highest BCUT2D eigenvalue weighted by Crippen LogP contribution is 2.39. The Hall–Kier alpha value is -1.92. The van der Waals surface area contributed by atoms with Crippen molar-refractivity contribution in [2.75, 3.05) is 43.4 Å². The minimum atomic E-state index is -5.01. The molecule has 0 amide bonds. The van der Waals surface area contributed by atoms with E-state index in [1.165, 1.54) is 24.3 Å². The van der Waals surface area contributed by atoms with Gasteiger partial charge in [0.1, 0.15) is 4.21 Å². The van der Waals surface area contributed by atoms with Gasteiger partial charge in [0.15, 0.2) is 11.4 Å². The molecule has 17 heteroatoms. The first kappa shape index (κ1) is 33.6. The molecule has 41 heavy (non-hydrogen) atoms. The average molecular weight is 652 g/mol. The predicted octanol–water partition coefficient (Wildman–Crippen LogP) is 4.25. The van der Waals surface area contributed by atoms with Crippen molar-refractivity contribution in [3.8, 4) is 0 Å². The van der Waals surface area contributed by atoms with E-state index in [4.69, 9.17) is 0 Å². The van der Waals surface area contributed by atoms with Crippen molar-refractivity contribution in [2.24, 2.45) is 5.92 Å². The molecule has 232 valence electrons. The summed E-state index contributed by atoms with van der Waals surface area (Å²) in [4.78, 5) is 1.56. The van der Waals surface area contributed by atoms with Crippen LogP contribution in [-0.2, 0) is 25.6 Å². The Morgan fingerprint density at radius 1 is 1.02 bits per heavy atom. The van der Waals surface area contributed by atoms with Crippen molar-refractivity contribution in [2.45, 2.75) is 49.0 Å². The third-order valence-electron chi connectivity index (χ3n) is 6.57. The number of anilines is 1. The van der Waals surface area contributed by atoms with Crippen LogP contribution < -0.4 is 4.90 Å². The van der Waals surface area contributed by atoms with Gasteiger partial charge in [-0.3, -0.25) is 0 Å². The summed E-state index contributed by atoms with van der Waals surface area (Å²) in [7, 11) is -8.86. The molecule has 0 unspecified atom stereocenters. The lowest BCUT2D eigenvalue weighted by atomic mass is 9.95. The summed E-state index contributed by atoms with van der Waals surface area (Å²) in [5.41, 5.74) is -3.33. The number of hydrogen-bond acceptors (Lipinski definition) is 7. The van der Waals surface area contributed by atoms with Crippen molar-refractivity contribution < 1.29 is 48.3 Å². The molecule has 1 saturated heterocycles. The Balaban J connectivity index is 2.01. The fourth-order valence-corrected chi connectivity index (χ4v) is 8.60. The number of alkyl halides is 6. The van der Waals surface area contributed by atoms with E-state index < -0.39 is 61.9 Å². The average Bonchev–Trinajstić information content (AvgIpc) is 3.37. The lowest BCUT2D eigenvalue weighted by Gasteiger charge is -2.44. The van der Waals surface area contributed by atoms with E-state index in [2.05, 4.69) is 0 Å². The Labute approximate surface area is 239 Å². The molecule has 1 aromatic carbocycles. The van der Waals surface area contributed by atoms with E-state index in [9.17, 15) is 48.3 Å². The standard InChI is InChI=1S/C24H31F6N3O5S3/c1-17(2)13-32(40(35,36)16-23(25,26)27)15-20-14-31(41(37,38)21-5-4-12-39-21)10-11-33(20)19-8-6-18(7-9-19)22(3,34)24(28,29)30/h4-9,12,17,20,34H,10-11,13-16H2,1-3H3/t20-,22-/m1/s1. The molecule has 0 aliphatic carbocycles. The number of thiophene rings is 1. The van der Waals surface area contributed by atoms with Crippen molar-refractivity contribution in [1.29, 1.82) is 0 Å². The molecular formula is C24H31F6N3O5S3. The fraction of sp³-hybridized carbons (Fsp3) is 0.583. The van der Waals surface area contributed by atoms with Crippen LogP contribution in [0.5, 0.6) is 0 Å². The van der Waals surface area contributed by atoms with E-state index in [0.29, 0.717) is 11.2 Å². The lowest BCUT2D eigenvalue weighted by molar-refractivity contribution is -0.258. The van der Waals surface area contributed by atoms with Crippen LogP contribution in [0.4, 0.5) is 32.0 Å². The van der Waals surface area contributed by atoms with E-state index >= 15 is 0 Å². The third-order valence-corrected chi connectivity index (χ3v) is 11.6. The van der Waals surface area contributed by atoms with Gasteiger partial charge in [-0.05, 0) is 42.0 Å². The van der Waals surface area contributed by atoms with Gasteiger partial charge in [-0.25, -0.2) is 16.8 Å². The Morgan fingerprint density at radius 2 is 1.63 bits per heavy atom. The minimum absolute atomic E-state index is 0.0287. The first-order chi connectivity index (χ1) is 18.6. The van der Waals surface area contributed by atoms with Crippen LogP contribution in [0.3, 0.4) is 0 Å². The van der Waals surface area contributed by atoms with Gasteiger partial charge in [-0.1, -0.05) is 32.0 Å². The molecule has 1 fully saturated rings. The maximum absolute atomic E-state index is 13.3. The van der Waals surface area contributed by atoms with Crippen LogP contribution in [0.1, 0.15) is 26.3 Å². The van der Waals surface area contributed by atoms with Gasteiger partial charge in [-0.15, -0.1) is 11.3 Å². The summed E-state index contributed by atoms with van der Waals surface area (Å²) in [6.45, 7) is 2.66. The SMILES string of the molecule is CC(C)CN(C[C@H]1CN(S(=O)(=O)c2cccs2)CCN1c1ccc([C@@](C)(O)C(F)(F)F)cc1)S(=O)(=O)CC(F)(F)F. The zero-order chi connectivity index (χ0) is 31.0. The summed E-state index contributed by atoms with van der Waals surface area (Å²) in [6, 6.07) is 6.56. The Kier molecular flexibility index (Phi) is 9.82. The van der Waals surface area contributed by atoms with Gasteiger partial charge in [0.25, 0.3) is 10.0 Å². The number of benzene rings is 1. The Bertz CT molecular complexity index is 1380. The van der Waals surface area contributed by atoms with Crippen LogP contribution in [-0.4, -0.2) is 87.4 Å². The van der Waals surface area contributed by atoms with Crippen LogP contribution >= 0.6 is 11.3 Å². The molecule has 0 spiro atoms. The summed E-state index contributed by atoms with van der Waals surface area (Å²) in [5, 5.41) is 11.6. The van der Waals surface area contributed by atoms with Crippen molar-refractivity contribution >= 4 is 37.1 Å². The summed E-state index contributed by atoms with van der Waals surface area (Å²) in [5.74, 6) is -2.47. The number of aliphatic hydroxyl groups is 1. The van der Waals surface area contributed by atoms with Crippen molar-refractivity contribution in [1.82, 2.24) is 8.61 Å². The third kappa shape index (κ3) is 7.93. The van der Waals surface area contributed by atoms with Crippen LogP contribution in [0, 0.1) is 5.92 Å². The van der Waals surface area contributed by atoms with E-state index in [0.717, 1.165) is 27.8 Å². The molecule has 0 radical (unpaired) electrons. The second-order valence-electron chi connectivity index (χ2n) is 10.3. The highest BCUT2D eigenvalue weighted by atomic mass is 32.2. The van der Waals surface area contributed by atoms with E-state index in [-0.39, 0.29) is 42.0 Å². The first-order valence-electron chi connectivity index (χ1n) is 12.4. The lowest BCUT2D eigenvalue weighted by Crippen LogP contribution is -2.59. The van der Waals surface area contributed by atoms with E-state index in [1.54, 1.807) is 24.1 Å². The van der Waals surface area contributed by atoms with Gasteiger partial charge in [0.05, 0.1) is 6.04 Å². The highest BCUT2D eigenvalue weighted by Gasteiger charge is 2.51. The fourth-order valence-electron chi connectivity index (χ4n) is 4.46. The molecule has 0 bridgehead atoms. The minimum Gasteiger partial charge on any atom is -0.376 e. The quantitative estimate of drug-likeness (QED) is 0.386. The molecule has 2 heterocycles. The maximum atomic E-state index is 13.3. The molecular weight excluding hydrogens is 620 g/mol. The predicted molar refractivity (Wildman–Crippen MR) is 143 cm³/mol. The molecule has 1 aliphatic rings. The number of sulfonamides is 2. The molecule has 2 atom stereocenters. The van der Waals surface area contributed by atoms with Crippen LogP contribution in [0.15, 0.2) is 46.0 Å². The number of nitrogens with zero attached hydrogens (tertiary/aromatic N) is 3. The van der Waals surface area contributed by atoms with Crippen LogP contribution in [0.25, 0.3) is 0 Å². The topological polar surface area (TPSA) is 98.2 Å². The van der Waals surface area contributed by atoms with Gasteiger partial charge >= 0.3 is 12.4 Å². The smallest absolute Gasteiger partial charge is 0.376 e. The molecule has 1 N–H and O–H groups in total. The number of halogens is 6. The van der Waals surface area contributed by atoms with Crippen molar-refractivity contribution in [3.05, 3.63) is 47.3 Å².